The summed E-state index contributed by atoms with van der Waals surface area (Å²) in [6.45, 7) is 2.05. The summed E-state index contributed by atoms with van der Waals surface area (Å²) >= 11 is 4.57. The Hall–Kier alpha value is -0.960. The number of sulfonamides is 1. The first kappa shape index (κ1) is 14.4. The lowest BCUT2D eigenvalue weighted by atomic mass is 10.3. The van der Waals surface area contributed by atoms with Crippen molar-refractivity contribution in [2.24, 2.45) is 5.73 Å². The Morgan fingerprint density at radius 3 is 2.84 bits per heavy atom. The summed E-state index contributed by atoms with van der Waals surface area (Å²) in [5.41, 5.74) is 6.61. The molecule has 2 aromatic heterocycles. The lowest BCUT2D eigenvalue weighted by molar-refractivity contribution is 0.601. The van der Waals surface area contributed by atoms with E-state index in [1.807, 2.05) is 0 Å². The third-order valence-corrected chi connectivity index (χ3v) is 6.09. The molecule has 0 aliphatic rings. The highest BCUT2D eigenvalue weighted by molar-refractivity contribution is 9.11. The van der Waals surface area contributed by atoms with Gasteiger partial charge in [-0.2, -0.15) is 0 Å². The third kappa shape index (κ3) is 3.14. The summed E-state index contributed by atoms with van der Waals surface area (Å²) in [5.74, 6) is 0. The summed E-state index contributed by atoms with van der Waals surface area (Å²) in [6.07, 6.45) is 1.61. The molecule has 2 rings (SSSR count). The number of rotatable bonds is 4. The van der Waals surface area contributed by atoms with E-state index in [0.29, 0.717) is 21.7 Å². The monoisotopic (exact) mass is 361 g/mol. The molecule has 3 N–H and O–H groups in total. The van der Waals surface area contributed by atoms with E-state index in [1.165, 1.54) is 11.3 Å². The number of pyridine rings is 1. The number of halogens is 1. The Balaban J connectivity index is 2.38. The van der Waals surface area contributed by atoms with Gasteiger partial charge >= 0.3 is 0 Å². The first-order valence-corrected chi connectivity index (χ1v) is 8.46. The largest absolute Gasteiger partial charge is 0.326 e. The SMILES string of the molecule is Cc1ncccc1NS(=O)(=O)c1cc(CN)sc1Br. The molecular weight excluding hydrogens is 350 g/mol. The molecule has 0 saturated carbocycles. The molecule has 2 heterocycles. The molecule has 0 aromatic carbocycles. The second kappa shape index (κ2) is 5.58. The van der Waals surface area contributed by atoms with Crippen LogP contribution >= 0.6 is 27.3 Å². The predicted molar refractivity (Wildman–Crippen MR) is 79.7 cm³/mol. The van der Waals surface area contributed by atoms with Crippen molar-refractivity contribution in [2.75, 3.05) is 4.72 Å². The van der Waals surface area contributed by atoms with Gasteiger partial charge in [-0.3, -0.25) is 9.71 Å². The molecule has 0 radical (unpaired) electrons. The van der Waals surface area contributed by atoms with E-state index in [9.17, 15) is 8.42 Å². The van der Waals surface area contributed by atoms with Crippen molar-refractivity contribution < 1.29 is 8.42 Å². The predicted octanol–water partition coefficient (Wildman–Crippen LogP) is 2.47. The minimum Gasteiger partial charge on any atom is -0.326 e. The molecule has 102 valence electrons. The summed E-state index contributed by atoms with van der Waals surface area (Å²) in [4.78, 5) is 5.04. The Bertz CT molecular complexity index is 698. The summed E-state index contributed by atoms with van der Waals surface area (Å²) in [6, 6.07) is 4.92. The molecule has 8 heteroatoms. The smallest absolute Gasteiger partial charge is 0.263 e. The number of aryl methyl sites for hydroxylation is 1. The minimum absolute atomic E-state index is 0.196. The molecule has 0 amide bonds. The number of nitrogens with one attached hydrogen (secondary N) is 1. The van der Waals surface area contributed by atoms with Crippen LogP contribution in [0.2, 0.25) is 0 Å². The maximum absolute atomic E-state index is 12.3. The molecule has 5 nitrogen and oxygen atoms in total. The molecular formula is C11H12BrN3O2S2. The number of nitrogens with two attached hydrogens (primary N) is 1. The number of nitrogens with zero attached hydrogens (tertiary/aromatic N) is 1. The van der Waals surface area contributed by atoms with Crippen molar-refractivity contribution in [2.45, 2.75) is 18.4 Å². The Morgan fingerprint density at radius 2 is 2.26 bits per heavy atom. The molecule has 2 aromatic rings. The highest BCUT2D eigenvalue weighted by Crippen LogP contribution is 2.32. The lowest BCUT2D eigenvalue weighted by Crippen LogP contribution is -2.13. The number of hydrogen-bond acceptors (Lipinski definition) is 5. The van der Waals surface area contributed by atoms with Crippen LogP contribution in [0.4, 0.5) is 5.69 Å². The van der Waals surface area contributed by atoms with Crippen LogP contribution in [0.3, 0.4) is 0 Å². The Kier molecular flexibility index (Phi) is 4.24. The quantitative estimate of drug-likeness (QED) is 0.875. The van der Waals surface area contributed by atoms with Crippen molar-refractivity contribution in [3.63, 3.8) is 0 Å². The molecule has 0 aliphatic heterocycles. The second-order valence-corrected chi connectivity index (χ2v) is 7.90. The van der Waals surface area contributed by atoms with Crippen LogP contribution < -0.4 is 10.5 Å². The topological polar surface area (TPSA) is 85.1 Å². The molecule has 0 fully saturated rings. The minimum atomic E-state index is -3.64. The fourth-order valence-corrected chi connectivity index (χ4v) is 5.15. The molecule has 0 atom stereocenters. The van der Waals surface area contributed by atoms with Crippen molar-refractivity contribution >= 4 is 43.0 Å². The highest BCUT2D eigenvalue weighted by Gasteiger charge is 2.21. The van der Waals surface area contributed by atoms with E-state index in [-0.39, 0.29) is 4.90 Å². The zero-order valence-corrected chi connectivity index (χ0v) is 13.3. The van der Waals surface area contributed by atoms with Crippen molar-refractivity contribution in [1.29, 1.82) is 0 Å². The van der Waals surface area contributed by atoms with E-state index in [4.69, 9.17) is 5.73 Å². The van der Waals surface area contributed by atoms with E-state index in [1.54, 1.807) is 31.3 Å². The maximum Gasteiger partial charge on any atom is 0.263 e. The van der Waals surface area contributed by atoms with Gasteiger partial charge < -0.3 is 5.73 Å². The average molecular weight is 362 g/mol. The van der Waals surface area contributed by atoms with Gasteiger partial charge in [0, 0.05) is 17.6 Å². The van der Waals surface area contributed by atoms with Crippen molar-refractivity contribution in [1.82, 2.24) is 4.98 Å². The third-order valence-electron chi connectivity index (χ3n) is 2.45. The van der Waals surface area contributed by atoms with Gasteiger partial charge in [0.05, 0.1) is 15.2 Å². The van der Waals surface area contributed by atoms with Crippen LogP contribution in [0.1, 0.15) is 10.6 Å². The second-order valence-electron chi connectivity index (χ2n) is 3.80. The van der Waals surface area contributed by atoms with Gasteiger partial charge in [0.2, 0.25) is 0 Å². The fraction of sp³-hybridized carbons (Fsp3) is 0.182. The fourth-order valence-electron chi connectivity index (χ4n) is 1.47. The lowest BCUT2D eigenvalue weighted by Gasteiger charge is -2.08. The summed E-state index contributed by atoms with van der Waals surface area (Å²) in [5, 5.41) is 0. The van der Waals surface area contributed by atoms with E-state index in [2.05, 4.69) is 25.6 Å². The number of thiophene rings is 1. The van der Waals surface area contributed by atoms with Gasteiger partial charge in [-0.15, -0.1) is 11.3 Å². The molecule has 0 saturated heterocycles. The van der Waals surface area contributed by atoms with Crippen LogP contribution in [0.15, 0.2) is 33.1 Å². The van der Waals surface area contributed by atoms with Crippen molar-refractivity contribution in [3.8, 4) is 0 Å². The number of aromatic nitrogens is 1. The average Bonchev–Trinajstić information content (AvgIpc) is 2.74. The van der Waals surface area contributed by atoms with Gasteiger partial charge in [0.15, 0.2) is 0 Å². The zero-order valence-electron chi connectivity index (χ0n) is 10.1. The first-order valence-electron chi connectivity index (χ1n) is 5.37. The summed E-state index contributed by atoms with van der Waals surface area (Å²) in [7, 11) is -3.64. The molecule has 0 unspecified atom stereocenters. The molecule has 19 heavy (non-hydrogen) atoms. The first-order chi connectivity index (χ1) is 8.94. The van der Waals surface area contributed by atoms with Gasteiger partial charge in [0.25, 0.3) is 10.0 Å². The number of hydrogen-bond donors (Lipinski definition) is 2. The molecule has 0 spiro atoms. The maximum atomic E-state index is 12.3. The summed E-state index contributed by atoms with van der Waals surface area (Å²) < 4.78 is 27.7. The van der Waals surface area contributed by atoms with E-state index >= 15 is 0 Å². The van der Waals surface area contributed by atoms with Gasteiger partial charge in [0.1, 0.15) is 4.90 Å². The van der Waals surface area contributed by atoms with Crippen LogP contribution in [-0.2, 0) is 16.6 Å². The van der Waals surface area contributed by atoms with Crippen LogP contribution in [0.5, 0.6) is 0 Å². The van der Waals surface area contributed by atoms with Gasteiger partial charge in [-0.25, -0.2) is 8.42 Å². The van der Waals surface area contributed by atoms with E-state index < -0.39 is 10.0 Å². The zero-order chi connectivity index (χ0) is 14.0. The molecule has 0 aliphatic carbocycles. The van der Waals surface area contributed by atoms with Crippen molar-refractivity contribution in [3.05, 3.63) is 38.8 Å². The van der Waals surface area contributed by atoms with Crippen LogP contribution in [0, 0.1) is 6.92 Å². The van der Waals surface area contributed by atoms with Crippen LogP contribution in [0.25, 0.3) is 0 Å². The Labute approximate surface area is 124 Å². The van der Waals surface area contributed by atoms with Gasteiger partial charge in [-0.1, -0.05) is 0 Å². The normalized spacial score (nSPS) is 11.5. The number of anilines is 1. The highest BCUT2D eigenvalue weighted by atomic mass is 79.9. The standard InChI is InChI=1S/C11H12BrN3O2S2/c1-7-9(3-2-4-14-7)15-19(16,17)10-5-8(6-13)18-11(10)12/h2-5,15H,6,13H2,1H3. The van der Waals surface area contributed by atoms with Crippen LogP contribution in [-0.4, -0.2) is 13.4 Å². The Morgan fingerprint density at radius 1 is 1.53 bits per heavy atom. The van der Waals surface area contributed by atoms with E-state index in [0.717, 1.165) is 4.88 Å². The van der Waals surface area contributed by atoms with Gasteiger partial charge in [-0.05, 0) is 41.1 Å². The molecule has 0 bridgehead atoms.